The Hall–Kier alpha value is -0.0000000000000000416. The van der Waals surface area contributed by atoms with Crippen molar-refractivity contribution in [2.24, 2.45) is 5.73 Å². The highest BCUT2D eigenvalue weighted by Crippen LogP contribution is 1.99. The van der Waals surface area contributed by atoms with E-state index in [1.807, 2.05) is 0 Å². The van der Waals surface area contributed by atoms with Gasteiger partial charge < -0.3 is 5.73 Å². The third-order valence-corrected chi connectivity index (χ3v) is 1.06. The molecule has 9 heteroatoms. The predicted octanol–water partition coefficient (Wildman–Crippen LogP) is 0.782. The molecule has 0 spiro atoms. The van der Waals surface area contributed by atoms with Gasteiger partial charge in [-0.3, -0.25) is 0 Å². The summed E-state index contributed by atoms with van der Waals surface area (Å²) in [6.45, 7) is 3.07. The summed E-state index contributed by atoms with van der Waals surface area (Å²) in [5.41, 5.74) is 5.27. The van der Waals surface area contributed by atoms with Gasteiger partial charge in [0.2, 0.25) is 0 Å². The molecule has 0 bridgehead atoms. The third kappa shape index (κ3) is 126. The van der Waals surface area contributed by atoms with Crippen LogP contribution in [-0.4, -0.2) is 26.1 Å². The maximum absolute atomic E-state index is 8.70. The van der Waals surface area contributed by atoms with Crippen molar-refractivity contribution in [3.05, 3.63) is 0 Å². The van der Waals surface area contributed by atoms with Crippen molar-refractivity contribution in [1.29, 1.82) is 0 Å². The smallest absolute Gasteiger partial charge is 0.330 e. The summed E-state index contributed by atoms with van der Waals surface area (Å²) in [7, 11) is -5.74. The largest absolute Gasteiger partial charge is 0.692 e. The second kappa shape index (κ2) is 19.6. The fourth-order valence-corrected chi connectivity index (χ4v) is 0.571. The molecule has 15 heavy (non-hydrogen) atoms. The molecular formula is C6H19NO6P2+2. The molecule has 7 nitrogen and oxygen atoms in total. The molecule has 0 aromatic rings. The summed E-state index contributed by atoms with van der Waals surface area (Å²) in [5, 5.41) is 0. The lowest BCUT2D eigenvalue weighted by atomic mass is 10.2. The van der Waals surface area contributed by atoms with Crippen molar-refractivity contribution in [2.75, 3.05) is 6.54 Å². The Bertz CT molecular complexity index is 133. The first-order chi connectivity index (χ1) is 6.88. The molecule has 0 heterocycles. The minimum absolute atomic E-state index is 0.861. The van der Waals surface area contributed by atoms with Crippen LogP contribution in [0.2, 0.25) is 0 Å². The maximum atomic E-state index is 8.70. The summed E-state index contributed by atoms with van der Waals surface area (Å²) in [4.78, 5) is 28.5. The monoisotopic (exact) mass is 263 g/mol. The molecule has 92 valence electrons. The summed E-state index contributed by atoms with van der Waals surface area (Å²) in [5.74, 6) is 0. The van der Waals surface area contributed by atoms with Crippen LogP contribution in [0.5, 0.6) is 0 Å². The molecule has 0 unspecified atom stereocenters. The molecule has 0 rings (SSSR count). The van der Waals surface area contributed by atoms with Gasteiger partial charge in [-0.25, -0.2) is 0 Å². The van der Waals surface area contributed by atoms with Gasteiger partial charge in [0.1, 0.15) is 0 Å². The summed E-state index contributed by atoms with van der Waals surface area (Å²) < 4.78 is 17.4. The van der Waals surface area contributed by atoms with Gasteiger partial charge in [-0.2, -0.15) is 0 Å². The minimum Gasteiger partial charge on any atom is -0.330 e. The number of nitrogens with two attached hydrogens (primary N) is 1. The molecule has 0 amide bonds. The fourth-order valence-electron chi connectivity index (χ4n) is 0.571. The Morgan fingerprint density at radius 3 is 1.47 bits per heavy atom. The lowest BCUT2D eigenvalue weighted by Crippen LogP contribution is -1.97. The number of unbranched alkanes of at least 4 members (excludes halogenated alkanes) is 3. The van der Waals surface area contributed by atoms with Crippen LogP contribution in [0.4, 0.5) is 0 Å². The van der Waals surface area contributed by atoms with Gasteiger partial charge >= 0.3 is 16.5 Å². The number of rotatable bonds is 4. The zero-order valence-corrected chi connectivity index (χ0v) is 10.4. The van der Waals surface area contributed by atoms with E-state index in [1.165, 1.54) is 25.7 Å². The highest BCUT2D eigenvalue weighted by Gasteiger charge is 1.93. The van der Waals surface area contributed by atoms with Gasteiger partial charge in [0.25, 0.3) is 0 Å². The summed E-state index contributed by atoms with van der Waals surface area (Å²) in [6.07, 6.45) is 5.16. The van der Waals surface area contributed by atoms with E-state index < -0.39 is 16.5 Å². The zero-order chi connectivity index (χ0) is 12.7. The van der Waals surface area contributed by atoms with Gasteiger partial charge in [-0.15, -0.1) is 19.6 Å². The summed E-state index contributed by atoms with van der Waals surface area (Å²) >= 11 is 0. The molecule has 0 aromatic carbocycles. The second-order valence-electron chi connectivity index (χ2n) is 2.35. The second-order valence-corrected chi connectivity index (χ2v) is 3.37. The summed E-state index contributed by atoms with van der Waals surface area (Å²) in [6, 6.07) is 0. The molecule has 0 fully saturated rings. The van der Waals surface area contributed by atoms with Crippen molar-refractivity contribution < 1.29 is 28.7 Å². The Labute approximate surface area is 90.8 Å². The molecule has 0 saturated heterocycles. The van der Waals surface area contributed by atoms with Crippen LogP contribution in [0, 0.1) is 0 Å². The van der Waals surface area contributed by atoms with Gasteiger partial charge in [-0.05, 0) is 13.0 Å². The molecule has 0 radical (unpaired) electrons. The minimum atomic E-state index is -2.87. The van der Waals surface area contributed by atoms with E-state index in [9.17, 15) is 0 Å². The first kappa shape index (κ1) is 20.4. The van der Waals surface area contributed by atoms with Crippen LogP contribution in [0.25, 0.3) is 0 Å². The van der Waals surface area contributed by atoms with E-state index in [2.05, 4.69) is 6.92 Å². The average molecular weight is 263 g/mol. The Kier molecular flexibility index (Phi) is 26.6. The molecule has 0 aliphatic heterocycles. The molecule has 0 aliphatic rings. The quantitative estimate of drug-likeness (QED) is 0.372. The predicted molar refractivity (Wildman–Crippen MR) is 57.3 cm³/mol. The normalized spacial score (nSPS) is 7.87. The van der Waals surface area contributed by atoms with Crippen LogP contribution in [-0.2, 0) is 9.13 Å². The Balaban J connectivity index is -0.000000155. The van der Waals surface area contributed by atoms with Crippen molar-refractivity contribution in [2.45, 2.75) is 32.6 Å². The van der Waals surface area contributed by atoms with Crippen LogP contribution >= 0.6 is 16.5 Å². The van der Waals surface area contributed by atoms with E-state index in [1.54, 1.807) is 0 Å². The maximum Gasteiger partial charge on any atom is 0.692 e. The molecule has 0 aromatic heterocycles. The SMILES string of the molecule is CCCCCCN.O=[P+](O)O.O=[P+](O)O. The van der Waals surface area contributed by atoms with E-state index in [4.69, 9.17) is 34.4 Å². The van der Waals surface area contributed by atoms with Gasteiger partial charge in [0, 0.05) is 9.13 Å². The zero-order valence-electron chi connectivity index (χ0n) is 8.61. The van der Waals surface area contributed by atoms with Crippen molar-refractivity contribution in [3.8, 4) is 0 Å². The lowest BCUT2D eigenvalue weighted by Gasteiger charge is -1.90. The van der Waals surface area contributed by atoms with E-state index in [0.717, 1.165) is 6.54 Å². The first-order valence-corrected chi connectivity index (χ1v) is 6.61. The molecule has 0 atom stereocenters. The van der Waals surface area contributed by atoms with Crippen LogP contribution < -0.4 is 5.73 Å². The van der Waals surface area contributed by atoms with Crippen molar-refractivity contribution in [3.63, 3.8) is 0 Å². The molecule has 0 saturated carbocycles. The van der Waals surface area contributed by atoms with Crippen molar-refractivity contribution >= 4 is 16.5 Å². The van der Waals surface area contributed by atoms with E-state index >= 15 is 0 Å². The molecule has 0 aliphatic carbocycles. The molecular weight excluding hydrogens is 244 g/mol. The average Bonchev–Trinajstić information content (AvgIpc) is 2.03. The lowest BCUT2D eigenvalue weighted by molar-refractivity contribution is 0.403. The van der Waals surface area contributed by atoms with Crippen molar-refractivity contribution in [1.82, 2.24) is 0 Å². The van der Waals surface area contributed by atoms with E-state index in [0.29, 0.717) is 0 Å². The number of hydrogen-bond acceptors (Lipinski definition) is 3. The highest BCUT2D eigenvalue weighted by atomic mass is 31.1. The third-order valence-electron chi connectivity index (χ3n) is 1.06. The van der Waals surface area contributed by atoms with E-state index in [-0.39, 0.29) is 0 Å². The van der Waals surface area contributed by atoms with Gasteiger partial charge in [0.15, 0.2) is 0 Å². The number of hydrogen-bond donors (Lipinski definition) is 5. The first-order valence-electron chi connectivity index (χ1n) is 4.28. The highest BCUT2D eigenvalue weighted by molar-refractivity contribution is 7.31. The van der Waals surface area contributed by atoms with Gasteiger partial charge in [0.05, 0.1) is 0 Å². The Morgan fingerprint density at radius 1 is 0.933 bits per heavy atom. The van der Waals surface area contributed by atoms with Crippen LogP contribution in [0.1, 0.15) is 32.6 Å². The Morgan fingerprint density at radius 2 is 1.27 bits per heavy atom. The standard InChI is InChI=1S/C6H15N.2HO3P/c1-2-3-4-5-6-7;2*1-4(2)3/h2-7H2,1H3;2*(H-,1,2,3)/p+2. The fraction of sp³-hybridized carbons (Fsp3) is 1.00. The topological polar surface area (TPSA) is 141 Å². The van der Waals surface area contributed by atoms with Gasteiger partial charge in [-0.1, -0.05) is 26.2 Å². The molecule has 6 N–H and O–H groups in total. The van der Waals surface area contributed by atoms with Crippen LogP contribution in [0.3, 0.4) is 0 Å². The van der Waals surface area contributed by atoms with Crippen LogP contribution in [0.15, 0.2) is 0 Å².